The molecule has 0 aliphatic heterocycles. The third kappa shape index (κ3) is 7.96. The maximum Gasteiger partial charge on any atom is -0.0193 e. The SMILES string of the molecule is CCC(C)c1ccccc1.CCC(C)c1ccccc1.OO. The summed E-state index contributed by atoms with van der Waals surface area (Å²) in [5.41, 5.74) is 2.90. The largest absolute Gasteiger partial charge is 0.255 e. The molecule has 2 unspecified atom stereocenters. The molecule has 0 saturated heterocycles. The Morgan fingerprint density at radius 1 is 0.636 bits per heavy atom. The lowest BCUT2D eigenvalue weighted by Crippen LogP contribution is -1.88. The minimum Gasteiger partial charge on any atom is -0.255 e. The highest BCUT2D eigenvalue weighted by molar-refractivity contribution is 5.18. The molecule has 2 atom stereocenters. The van der Waals surface area contributed by atoms with Crippen LogP contribution in [0.25, 0.3) is 0 Å². The highest BCUT2D eigenvalue weighted by Crippen LogP contribution is 2.17. The maximum atomic E-state index is 6.00. The molecule has 0 fully saturated rings. The third-order valence-corrected chi connectivity index (χ3v) is 3.96. The minimum absolute atomic E-state index is 0.709. The Kier molecular flexibility index (Phi) is 12.1. The molecule has 0 aliphatic rings. The fraction of sp³-hybridized carbons (Fsp3) is 0.400. The highest BCUT2D eigenvalue weighted by atomic mass is 17.0. The van der Waals surface area contributed by atoms with Crippen molar-refractivity contribution in [2.24, 2.45) is 0 Å². The molecule has 122 valence electrons. The molecule has 2 nitrogen and oxygen atoms in total. The molecule has 0 amide bonds. The summed E-state index contributed by atoms with van der Waals surface area (Å²) < 4.78 is 0. The van der Waals surface area contributed by atoms with Crippen molar-refractivity contribution in [3.63, 3.8) is 0 Å². The minimum atomic E-state index is 0.709. The van der Waals surface area contributed by atoms with Gasteiger partial charge in [-0.1, -0.05) is 88.4 Å². The second kappa shape index (κ2) is 13.1. The first-order chi connectivity index (χ1) is 10.7. The van der Waals surface area contributed by atoms with Gasteiger partial charge in [0.05, 0.1) is 0 Å². The van der Waals surface area contributed by atoms with Gasteiger partial charge in [0.25, 0.3) is 0 Å². The topological polar surface area (TPSA) is 40.5 Å². The van der Waals surface area contributed by atoms with Gasteiger partial charge in [0.15, 0.2) is 0 Å². The molecule has 2 N–H and O–H groups in total. The van der Waals surface area contributed by atoms with Crippen molar-refractivity contribution in [3.05, 3.63) is 71.8 Å². The van der Waals surface area contributed by atoms with E-state index >= 15 is 0 Å². The van der Waals surface area contributed by atoms with Gasteiger partial charge in [-0.05, 0) is 35.8 Å². The zero-order valence-corrected chi connectivity index (χ0v) is 14.2. The van der Waals surface area contributed by atoms with Crippen LogP contribution < -0.4 is 0 Å². The van der Waals surface area contributed by atoms with Crippen molar-refractivity contribution in [1.82, 2.24) is 0 Å². The molecule has 2 aromatic carbocycles. The molecule has 2 heteroatoms. The molecule has 0 saturated carbocycles. The summed E-state index contributed by atoms with van der Waals surface area (Å²) in [6, 6.07) is 21.3. The van der Waals surface area contributed by atoms with Crippen LogP contribution in [-0.4, -0.2) is 10.5 Å². The van der Waals surface area contributed by atoms with Gasteiger partial charge in [0.1, 0.15) is 0 Å². The third-order valence-electron chi connectivity index (χ3n) is 3.96. The van der Waals surface area contributed by atoms with Gasteiger partial charge in [-0.3, -0.25) is 10.5 Å². The van der Waals surface area contributed by atoms with Gasteiger partial charge in [-0.2, -0.15) is 0 Å². The Morgan fingerprint density at radius 3 is 1.14 bits per heavy atom. The Labute approximate surface area is 135 Å². The van der Waals surface area contributed by atoms with Crippen molar-refractivity contribution in [1.29, 1.82) is 0 Å². The summed E-state index contributed by atoms with van der Waals surface area (Å²) in [4.78, 5) is 0. The van der Waals surface area contributed by atoms with Crippen LogP contribution in [0.4, 0.5) is 0 Å². The van der Waals surface area contributed by atoms with E-state index in [0.717, 1.165) is 0 Å². The van der Waals surface area contributed by atoms with E-state index in [4.69, 9.17) is 10.5 Å². The molecule has 22 heavy (non-hydrogen) atoms. The van der Waals surface area contributed by atoms with Crippen LogP contribution in [0, 0.1) is 0 Å². The van der Waals surface area contributed by atoms with Crippen LogP contribution in [0.5, 0.6) is 0 Å². The van der Waals surface area contributed by atoms with E-state index in [1.165, 1.54) is 24.0 Å². The lowest BCUT2D eigenvalue weighted by atomic mass is 9.99. The van der Waals surface area contributed by atoms with Crippen LogP contribution in [-0.2, 0) is 0 Å². The normalized spacial score (nSPS) is 12.1. The predicted octanol–water partition coefficient (Wildman–Crippen LogP) is 6.42. The fourth-order valence-electron chi connectivity index (χ4n) is 2.03. The van der Waals surface area contributed by atoms with Gasteiger partial charge >= 0.3 is 0 Å². The van der Waals surface area contributed by atoms with Crippen LogP contribution in [0.3, 0.4) is 0 Å². The first kappa shape index (κ1) is 20.4. The van der Waals surface area contributed by atoms with Crippen molar-refractivity contribution >= 4 is 0 Å². The Hall–Kier alpha value is -1.64. The smallest absolute Gasteiger partial charge is 0.0193 e. The summed E-state index contributed by atoms with van der Waals surface area (Å²) >= 11 is 0. The molecular formula is C20H30O2. The average molecular weight is 302 g/mol. The molecular weight excluding hydrogens is 272 g/mol. The zero-order chi connectivity index (χ0) is 16.8. The number of hydrogen-bond acceptors (Lipinski definition) is 2. The summed E-state index contributed by atoms with van der Waals surface area (Å²) in [6.07, 6.45) is 2.45. The monoisotopic (exact) mass is 302 g/mol. The summed E-state index contributed by atoms with van der Waals surface area (Å²) in [5.74, 6) is 1.42. The van der Waals surface area contributed by atoms with E-state index in [9.17, 15) is 0 Å². The highest BCUT2D eigenvalue weighted by Gasteiger charge is 1.99. The lowest BCUT2D eigenvalue weighted by Gasteiger charge is -2.06. The number of rotatable bonds is 4. The molecule has 2 rings (SSSR count). The number of hydrogen-bond donors (Lipinski definition) is 2. The molecule has 0 radical (unpaired) electrons. The van der Waals surface area contributed by atoms with Crippen molar-refractivity contribution in [2.45, 2.75) is 52.4 Å². The summed E-state index contributed by atoms with van der Waals surface area (Å²) in [5, 5.41) is 12.0. The van der Waals surface area contributed by atoms with E-state index in [1.807, 2.05) is 0 Å². The van der Waals surface area contributed by atoms with Crippen LogP contribution in [0.1, 0.15) is 63.5 Å². The van der Waals surface area contributed by atoms with Gasteiger partial charge < -0.3 is 0 Å². The second-order valence-electron chi connectivity index (χ2n) is 5.44. The van der Waals surface area contributed by atoms with E-state index < -0.39 is 0 Å². The Balaban J connectivity index is 0.000000360. The first-order valence-corrected chi connectivity index (χ1v) is 7.98. The Bertz CT molecular complexity index is 408. The lowest BCUT2D eigenvalue weighted by molar-refractivity contribution is -0.176. The van der Waals surface area contributed by atoms with E-state index in [2.05, 4.69) is 88.4 Å². The van der Waals surface area contributed by atoms with Gasteiger partial charge in [0, 0.05) is 0 Å². The fourth-order valence-corrected chi connectivity index (χ4v) is 2.03. The quantitative estimate of drug-likeness (QED) is 0.505. The van der Waals surface area contributed by atoms with E-state index in [-0.39, 0.29) is 0 Å². The zero-order valence-electron chi connectivity index (χ0n) is 14.2. The van der Waals surface area contributed by atoms with Gasteiger partial charge in [0.2, 0.25) is 0 Å². The average Bonchev–Trinajstić information content (AvgIpc) is 2.64. The van der Waals surface area contributed by atoms with Crippen molar-refractivity contribution in [3.8, 4) is 0 Å². The van der Waals surface area contributed by atoms with Gasteiger partial charge in [-0.15, -0.1) is 0 Å². The molecule has 0 aliphatic carbocycles. The summed E-state index contributed by atoms with van der Waals surface area (Å²) in [6.45, 7) is 8.96. The molecule has 0 spiro atoms. The van der Waals surface area contributed by atoms with Crippen LogP contribution in [0.15, 0.2) is 60.7 Å². The van der Waals surface area contributed by atoms with Crippen molar-refractivity contribution in [2.75, 3.05) is 0 Å². The first-order valence-electron chi connectivity index (χ1n) is 7.98. The van der Waals surface area contributed by atoms with Crippen LogP contribution in [0.2, 0.25) is 0 Å². The molecule has 0 aromatic heterocycles. The van der Waals surface area contributed by atoms with Gasteiger partial charge in [-0.25, -0.2) is 0 Å². The van der Waals surface area contributed by atoms with Crippen LogP contribution >= 0.6 is 0 Å². The maximum absolute atomic E-state index is 6.00. The number of benzene rings is 2. The predicted molar refractivity (Wildman–Crippen MR) is 95.6 cm³/mol. The van der Waals surface area contributed by atoms with E-state index in [0.29, 0.717) is 11.8 Å². The van der Waals surface area contributed by atoms with Crippen molar-refractivity contribution < 1.29 is 10.5 Å². The second-order valence-corrected chi connectivity index (χ2v) is 5.44. The standard InChI is InChI=1S/2C10H14.H2O2/c2*1-3-9(2)10-7-5-4-6-8-10;1-2/h2*4-9H,3H2,1-2H3;1-2H. The van der Waals surface area contributed by atoms with E-state index in [1.54, 1.807) is 0 Å². The Morgan fingerprint density at radius 2 is 0.909 bits per heavy atom. The molecule has 0 heterocycles. The molecule has 2 aromatic rings. The summed E-state index contributed by atoms with van der Waals surface area (Å²) in [7, 11) is 0. The molecule has 0 bridgehead atoms.